The Labute approximate surface area is 78.6 Å². The molecule has 1 heterocycles. The zero-order valence-corrected chi connectivity index (χ0v) is 7.43. The van der Waals surface area contributed by atoms with Gasteiger partial charge in [0.15, 0.2) is 0 Å². The second-order valence-corrected chi connectivity index (χ2v) is 3.78. The molecule has 0 aliphatic carbocycles. The summed E-state index contributed by atoms with van der Waals surface area (Å²) < 4.78 is 0.842. The standard InChI is InChI=1S/C9H6N2OS/c10-4-5-1-6(12)2-8-7(5)3-9(11)13-8/h1-3,12H,11H2. The molecule has 4 heteroatoms. The molecular weight excluding hydrogens is 184 g/mol. The topological polar surface area (TPSA) is 70.0 Å². The number of anilines is 1. The van der Waals surface area contributed by atoms with Crippen LogP contribution < -0.4 is 5.73 Å². The summed E-state index contributed by atoms with van der Waals surface area (Å²) in [4.78, 5) is 0. The summed E-state index contributed by atoms with van der Waals surface area (Å²) in [6.45, 7) is 0. The molecular formula is C9H6N2OS. The number of fused-ring (bicyclic) bond motifs is 1. The van der Waals surface area contributed by atoms with Crippen LogP contribution in [0.1, 0.15) is 5.56 Å². The molecule has 3 N–H and O–H groups in total. The van der Waals surface area contributed by atoms with Gasteiger partial charge in [-0.1, -0.05) is 0 Å². The quantitative estimate of drug-likeness (QED) is 0.668. The molecule has 0 saturated carbocycles. The van der Waals surface area contributed by atoms with Crippen LogP contribution in [0, 0.1) is 11.3 Å². The van der Waals surface area contributed by atoms with Crippen molar-refractivity contribution in [3.05, 3.63) is 23.8 Å². The minimum Gasteiger partial charge on any atom is -0.508 e. The molecule has 0 fully saturated rings. The lowest BCUT2D eigenvalue weighted by Gasteiger charge is -1.94. The molecule has 0 bridgehead atoms. The SMILES string of the molecule is N#Cc1cc(O)cc2sc(N)cc12. The molecule has 0 aliphatic heterocycles. The van der Waals surface area contributed by atoms with E-state index in [2.05, 4.69) is 0 Å². The summed E-state index contributed by atoms with van der Waals surface area (Å²) in [7, 11) is 0. The lowest BCUT2D eigenvalue weighted by atomic mass is 10.1. The van der Waals surface area contributed by atoms with Crippen LogP contribution in [0.15, 0.2) is 18.2 Å². The van der Waals surface area contributed by atoms with Gasteiger partial charge >= 0.3 is 0 Å². The fourth-order valence-electron chi connectivity index (χ4n) is 1.24. The average molecular weight is 190 g/mol. The van der Waals surface area contributed by atoms with Crippen molar-refractivity contribution in [1.82, 2.24) is 0 Å². The number of phenolic OH excluding ortho intramolecular Hbond substituents is 1. The monoisotopic (exact) mass is 190 g/mol. The number of aromatic hydroxyl groups is 1. The fraction of sp³-hybridized carbons (Fsp3) is 0. The highest BCUT2D eigenvalue weighted by Gasteiger charge is 2.06. The first kappa shape index (κ1) is 7.90. The van der Waals surface area contributed by atoms with Crippen LogP contribution in [0.5, 0.6) is 5.75 Å². The van der Waals surface area contributed by atoms with Gasteiger partial charge < -0.3 is 10.8 Å². The van der Waals surface area contributed by atoms with Crippen molar-refractivity contribution < 1.29 is 5.11 Å². The Bertz CT molecular complexity index is 510. The van der Waals surface area contributed by atoms with Gasteiger partial charge in [-0.2, -0.15) is 5.26 Å². The van der Waals surface area contributed by atoms with E-state index in [1.165, 1.54) is 17.4 Å². The second-order valence-electron chi connectivity index (χ2n) is 2.67. The van der Waals surface area contributed by atoms with Crippen LogP contribution in [0.2, 0.25) is 0 Å². The van der Waals surface area contributed by atoms with E-state index in [4.69, 9.17) is 11.0 Å². The van der Waals surface area contributed by atoms with Crippen LogP contribution in [-0.4, -0.2) is 5.11 Å². The number of rotatable bonds is 0. The lowest BCUT2D eigenvalue weighted by Crippen LogP contribution is -1.75. The zero-order chi connectivity index (χ0) is 9.42. The normalized spacial score (nSPS) is 10.1. The molecule has 2 rings (SSSR count). The van der Waals surface area contributed by atoms with E-state index < -0.39 is 0 Å². The Hall–Kier alpha value is -1.73. The molecule has 0 spiro atoms. The summed E-state index contributed by atoms with van der Waals surface area (Å²) in [5.41, 5.74) is 6.05. The first-order valence-corrected chi connectivity index (χ1v) is 4.44. The molecule has 13 heavy (non-hydrogen) atoms. The molecule has 3 nitrogen and oxygen atoms in total. The fourth-order valence-corrected chi connectivity index (χ4v) is 2.13. The zero-order valence-electron chi connectivity index (χ0n) is 6.61. The maximum absolute atomic E-state index is 9.27. The molecule has 0 aliphatic rings. The third-order valence-electron chi connectivity index (χ3n) is 1.76. The van der Waals surface area contributed by atoms with Gasteiger partial charge in [0.05, 0.1) is 16.6 Å². The summed E-state index contributed by atoms with van der Waals surface area (Å²) >= 11 is 1.36. The molecule has 0 unspecified atom stereocenters. The van der Waals surface area contributed by atoms with E-state index in [9.17, 15) is 5.11 Å². The minimum atomic E-state index is 0.103. The number of phenols is 1. The predicted octanol–water partition coefficient (Wildman–Crippen LogP) is 2.06. The molecule has 0 amide bonds. The van der Waals surface area contributed by atoms with Gasteiger partial charge in [0.25, 0.3) is 0 Å². The van der Waals surface area contributed by atoms with E-state index in [-0.39, 0.29) is 5.75 Å². The Morgan fingerprint density at radius 2 is 2.15 bits per heavy atom. The number of hydrogen-bond acceptors (Lipinski definition) is 4. The Balaban J connectivity index is 2.90. The first-order valence-electron chi connectivity index (χ1n) is 3.63. The summed E-state index contributed by atoms with van der Waals surface area (Å²) in [6, 6.07) is 6.81. The predicted molar refractivity (Wildman–Crippen MR) is 52.6 cm³/mol. The Morgan fingerprint density at radius 1 is 1.38 bits per heavy atom. The van der Waals surface area contributed by atoms with Gasteiger partial charge in [0.1, 0.15) is 5.75 Å². The van der Waals surface area contributed by atoms with Crippen molar-refractivity contribution in [2.24, 2.45) is 0 Å². The van der Waals surface area contributed by atoms with Crippen molar-refractivity contribution in [2.45, 2.75) is 0 Å². The smallest absolute Gasteiger partial charge is 0.118 e. The van der Waals surface area contributed by atoms with Gasteiger partial charge in [-0.3, -0.25) is 0 Å². The number of thiophene rings is 1. The highest BCUT2D eigenvalue weighted by molar-refractivity contribution is 7.22. The lowest BCUT2D eigenvalue weighted by molar-refractivity contribution is 0.476. The molecule has 0 saturated heterocycles. The third-order valence-corrected chi connectivity index (χ3v) is 2.67. The van der Waals surface area contributed by atoms with Gasteiger partial charge in [-0.15, -0.1) is 11.3 Å². The highest BCUT2D eigenvalue weighted by Crippen LogP contribution is 2.32. The van der Waals surface area contributed by atoms with Gasteiger partial charge in [0, 0.05) is 10.1 Å². The van der Waals surface area contributed by atoms with Crippen LogP contribution in [0.4, 0.5) is 5.00 Å². The van der Waals surface area contributed by atoms with Crippen molar-refractivity contribution >= 4 is 26.4 Å². The number of hydrogen-bond donors (Lipinski definition) is 2. The van der Waals surface area contributed by atoms with Gasteiger partial charge in [0.2, 0.25) is 0 Å². The van der Waals surface area contributed by atoms with E-state index in [0.717, 1.165) is 10.1 Å². The average Bonchev–Trinajstić information content (AvgIpc) is 2.43. The molecule has 64 valence electrons. The molecule has 2 aromatic rings. The Morgan fingerprint density at radius 3 is 2.85 bits per heavy atom. The summed E-state index contributed by atoms with van der Waals surface area (Å²) in [6.07, 6.45) is 0. The van der Waals surface area contributed by atoms with Crippen LogP contribution in [0.3, 0.4) is 0 Å². The van der Waals surface area contributed by atoms with E-state index in [1.54, 1.807) is 12.1 Å². The van der Waals surface area contributed by atoms with Gasteiger partial charge in [-0.05, 0) is 18.2 Å². The molecule has 0 atom stereocenters. The van der Waals surface area contributed by atoms with E-state index >= 15 is 0 Å². The first-order chi connectivity index (χ1) is 6.20. The van der Waals surface area contributed by atoms with Crippen molar-refractivity contribution in [2.75, 3.05) is 5.73 Å². The van der Waals surface area contributed by atoms with Crippen molar-refractivity contribution in [3.63, 3.8) is 0 Å². The van der Waals surface area contributed by atoms with Crippen molar-refractivity contribution in [1.29, 1.82) is 5.26 Å². The Kier molecular flexibility index (Phi) is 1.61. The van der Waals surface area contributed by atoms with E-state index in [0.29, 0.717) is 10.6 Å². The van der Waals surface area contributed by atoms with E-state index in [1.807, 2.05) is 6.07 Å². The maximum atomic E-state index is 9.27. The van der Waals surface area contributed by atoms with Crippen molar-refractivity contribution in [3.8, 4) is 11.8 Å². The van der Waals surface area contributed by atoms with Crippen LogP contribution in [-0.2, 0) is 0 Å². The maximum Gasteiger partial charge on any atom is 0.118 e. The summed E-state index contributed by atoms with van der Waals surface area (Å²) in [5.74, 6) is 0.103. The number of nitrogens with zero attached hydrogens (tertiary/aromatic N) is 1. The molecule has 0 radical (unpaired) electrons. The minimum absolute atomic E-state index is 0.103. The van der Waals surface area contributed by atoms with Gasteiger partial charge in [-0.25, -0.2) is 0 Å². The third kappa shape index (κ3) is 1.19. The number of nitriles is 1. The number of nitrogen functional groups attached to an aromatic ring is 1. The second kappa shape index (κ2) is 2.64. The van der Waals surface area contributed by atoms with Crippen LogP contribution >= 0.6 is 11.3 Å². The molecule has 1 aromatic carbocycles. The largest absolute Gasteiger partial charge is 0.508 e. The highest BCUT2D eigenvalue weighted by atomic mass is 32.1. The van der Waals surface area contributed by atoms with Crippen LogP contribution in [0.25, 0.3) is 10.1 Å². The number of nitrogens with two attached hydrogens (primary N) is 1. The molecule has 1 aromatic heterocycles. The summed E-state index contributed by atoms with van der Waals surface area (Å²) in [5, 5.41) is 19.5. The number of benzene rings is 1.